The van der Waals surface area contributed by atoms with Crippen LogP contribution in [0.3, 0.4) is 0 Å². The number of hydrogen-bond acceptors (Lipinski definition) is 5. The molecule has 1 aliphatic heterocycles. The number of nitrogens with zero attached hydrogens (tertiary/aromatic N) is 4. The van der Waals surface area contributed by atoms with Crippen molar-refractivity contribution in [3.8, 4) is 0 Å². The molecule has 0 radical (unpaired) electrons. The van der Waals surface area contributed by atoms with Gasteiger partial charge in [-0.25, -0.2) is 4.98 Å². The molecule has 3 heterocycles. The molecule has 26 heavy (non-hydrogen) atoms. The average Bonchev–Trinajstić information content (AvgIpc) is 3.12. The highest BCUT2D eigenvalue weighted by molar-refractivity contribution is 7.07. The fourth-order valence-corrected chi connectivity index (χ4v) is 4.19. The Morgan fingerprint density at radius 2 is 2.15 bits per heavy atom. The van der Waals surface area contributed by atoms with Crippen molar-refractivity contribution in [3.05, 3.63) is 58.7 Å². The lowest BCUT2D eigenvalue weighted by atomic mass is 9.97. The van der Waals surface area contributed by atoms with Gasteiger partial charge in [-0.2, -0.15) is 0 Å². The van der Waals surface area contributed by atoms with Gasteiger partial charge in [-0.1, -0.05) is 12.1 Å². The first-order valence-electron chi connectivity index (χ1n) is 8.89. The highest BCUT2D eigenvalue weighted by atomic mass is 32.1. The van der Waals surface area contributed by atoms with E-state index in [-0.39, 0.29) is 5.91 Å². The molecule has 134 valence electrons. The molecule has 1 saturated heterocycles. The first-order valence-corrected chi connectivity index (χ1v) is 9.83. The van der Waals surface area contributed by atoms with Crippen molar-refractivity contribution in [2.24, 2.45) is 5.92 Å². The molecule has 1 aliphatic rings. The van der Waals surface area contributed by atoms with E-state index >= 15 is 0 Å². The summed E-state index contributed by atoms with van der Waals surface area (Å²) >= 11 is 1.47. The zero-order valence-electron chi connectivity index (χ0n) is 14.8. The molecule has 1 amide bonds. The van der Waals surface area contributed by atoms with Crippen LogP contribution in [0, 0.1) is 5.92 Å². The molecule has 0 bridgehead atoms. The van der Waals surface area contributed by atoms with Gasteiger partial charge in [0.1, 0.15) is 5.69 Å². The Labute approximate surface area is 157 Å². The second-order valence-electron chi connectivity index (χ2n) is 6.99. The molecule has 0 spiro atoms. The highest BCUT2D eigenvalue weighted by Crippen LogP contribution is 2.20. The Kier molecular flexibility index (Phi) is 4.95. The maximum atomic E-state index is 12.7. The number of thiazole rings is 1. The van der Waals surface area contributed by atoms with Crippen LogP contribution in [0.15, 0.2) is 47.4 Å². The number of amides is 1. The number of pyridine rings is 1. The molecule has 2 aromatic heterocycles. The number of rotatable bonds is 3. The van der Waals surface area contributed by atoms with E-state index in [0.29, 0.717) is 11.6 Å². The number of aromatic nitrogens is 2. The zero-order chi connectivity index (χ0) is 17.9. The summed E-state index contributed by atoms with van der Waals surface area (Å²) < 4.78 is 0. The molecule has 4 rings (SSSR count). The fourth-order valence-electron chi connectivity index (χ4n) is 3.66. The van der Waals surface area contributed by atoms with Crippen molar-refractivity contribution in [3.63, 3.8) is 0 Å². The van der Waals surface area contributed by atoms with Gasteiger partial charge >= 0.3 is 0 Å². The molecule has 1 aromatic carbocycles. The summed E-state index contributed by atoms with van der Waals surface area (Å²) in [5.74, 6) is 0.452. The lowest BCUT2D eigenvalue weighted by Crippen LogP contribution is -2.36. The molecule has 0 aliphatic carbocycles. The summed E-state index contributed by atoms with van der Waals surface area (Å²) in [6.45, 7) is 3.41. The Bertz CT molecular complexity index is 896. The van der Waals surface area contributed by atoms with Gasteiger partial charge in [0.05, 0.1) is 11.0 Å². The summed E-state index contributed by atoms with van der Waals surface area (Å²) in [6.07, 6.45) is 2.78. The second-order valence-corrected chi connectivity index (χ2v) is 7.71. The summed E-state index contributed by atoms with van der Waals surface area (Å²) in [7, 11) is 2.13. The Hall–Kier alpha value is -2.31. The fraction of sp³-hybridized carbons (Fsp3) is 0.350. The van der Waals surface area contributed by atoms with E-state index in [4.69, 9.17) is 0 Å². The maximum absolute atomic E-state index is 12.7. The topological polar surface area (TPSA) is 49.3 Å². The summed E-state index contributed by atoms with van der Waals surface area (Å²) in [5, 5.41) is 3.00. The molecular formula is C20H22N4OS. The SMILES string of the molecule is CN1CCN(C(=O)c2cscn2)C[C@@H](Cc2ccc3ncccc3c2)C1. The van der Waals surface area contributed by atoms with Gasteiger partial charge in [0.2, 0.25) is 0 Å². The van der Waals surface area contributed by atoms with E-state index in [1.54, 1.807) is 5.51 Å². The van der Waals surface area contributed by atoms with E-state index in [1.807, 2.05) is 22.5 Å². The Balaban J connectivity index is 1.52. The van der Waals surface area contributed by atoms with Crippen molar-refractivity contribution in [2.75, 3.05) is 33.2 Å². The standard InChI is InChI=1S/C20H22N4OS/c1-23-7-8-24(20(25)19-13-26-14-22-19)12-16(11-23)9-15-4-5-18-17(10-15)3-2-6-21-18/h2-6,10,13-14,16H,7-9,11-12H2,1H3/t16-/m0/s1. The lowest BCUT2D eigenvalue weighted by molar-refractivity contribution is 0.0741. The van der Waals surface area contributed by atoms with Crippen molar-refractivity contribution in [1.29, 1.82) is 0 Å². The van der Waals surface area contributed by atoms with Gasteiger partial charge in [0.15, 0.2) is 0 Å². The molecule has 0 N–H and O–H groups in total. The largest absolute Gasteiger partial charge is 0.336 e. The molecule has 1 fully saturated rings. The van der Waals surface area contributed by atoms with Crippen LogP contribution in [0.4, 0.5) is 0 Å². The zero-order valence-corrected chi connectivity index (χ0v) is 15.7. The number of fused-ring (bicyclic) bond motifs is 1. The Morgan fingerprint density at radius 1 is 1.23 bits per heavy atom. The van der Waals surface area contributed by atoms with Gasteiger partial charge in [0, 0.05) is 43.1 Å². The summed E-state index contributed by atoms with van der Waals surface area (Å²) in [6, 6.07) is 10.5. The van der Waals surface area contributed by atoms with Crippen molar-refractivity contribution in [1.82, 2.24) is 19.8 Å². The van der Waals surface area contributed by atoms with Gasteiger partial charge < -0.3 is 9.80 Å². The highest BCUT2D eigenvalue weighted by Gasteiger charge is 2.26. The van der Waals surface area contributed by atoms with E-state index in [0.717, 1.165) is 38.1 Å². The van der Waals surface area contributed by atoms with Crippen molar-refractivity contribution in [2.45, 2.75) is 6.42 Å². The van der Waals surface area contributed by atoms with Crippen LogP contribution < -0.4 is 0 Å². The third-order valence-electron chi connectivity index (χ3n) is 4.93. The second kappa shape index (κ2) is 7.51. The number of carbonyl (C=O) groups excluding carboxylic acids is 1. The third-order valence-corrected chi connectivity index (χ3v) is 5.52. The smallest absolute Gasteiger partial charge is 0.273 e. The molecule has 1 atom stereocenters. The van der Waals surface area contributed by atoms with Crippen LogP contribution in [0.1, 0.15) is 16.1 Å². The third kappa shape index (κ3) is 3.76. The predicted molar refractivity (Wildman–Crippen MR) is 104 cm³/mol. The van der Waals surface area contributed by atoms with Crippen LogP contribution in [0.5, 0.6) is 0 Å². The maximum Gasteiger partial charge on any atom is 0.273 e. The minimum absolute atomic E-state index is 0.0502. The molecule has 5 nitrogen and oxygen atoms in total. The molecule has 6 heteroatoms. The van der Waals surface area contributed by atoms with Crippen molar-refractivity contribution < 1.29 is 4.79 Å². The minimum atomic E-state index is 0.0502. The monoisotopic (exact) mass is 366 g/mol. The van der Waals surface area contributed by atoms with Crippen LogP contribution in [-0.4, -0.2) is 58.9 Å². The summed E-state index contributed by atoms with van der Waals surface area (Å²) in [5.41, 5.74) is 4.61. The normalized spacial score (nSPS) is 18.8. The number of benzene rings is 1. The first-order chi connectivity index (χ1) is 12.7. The van der Waals surface area contributed by atoms with E-state index < -0.39 is 0 Å². The van der Waals surface area contributed by atoms with Crippen LogP contribution in [0.2, 0.25) is 0 Å². The molecule has 0 unspecified atom stereocenters. The van der Waals surface area contributed by atoms with Crippen LogP contribution in [0.25, 0.3) is 10.9 Å². The van der Waals surface area contributed by atoms with Crippen LogP contribution in [-0.2, 0) is 6.42 Å². The Morgan fingerprint density at radius 3 is 3.00 bits per heavy atom. The van der Waals surface area contributed by atoms with E-state index in [9.17, 15) is 4.79 Å². The quantitative estimate of drug-likeness (QED) is 0.715. The lowest BCUT2D eigenvalue weighted by Gasteiger charge is -2.23. The van der Waals surface area contributed by atoms with E-state index in [2.05, 4.69) is 46.2 Å². The van der Waals surface area contributed by atoms with E-state index in [1.165, 1.54) is 22.3 Å². The number of likely N-dealkylation sites (N-methyl/N-ethyl adjacent to an activating group) is 1. The number of carbonyl (C=O) groups is 1. The van der Waals surface area contributed by atoms with Crippen molar-refractivity contribution >= 4 is 28.1 Å². The van der Waals surface area contributed by atoms with Gasteiger partial charge in [-0.3, -0.25) is 9.78 Å². The molecular weight excluding hydrogens is 344 g/mol. The number of hydrogen-bond donors (Lipinski definition) is 0. The molecule has 3 aromatic rings. The predicted octanol–water partition coefficient (Wildman–Crippen LogP) is 2.94. The van der Waals surface area contributed by atoms with Crippen LogP contribution >= 0.6 is 11.3 Å². The minimum Gasteiger partial charge on any atom is -0.336 e. The van der Waals surface area contributed by atoms with Gasteiger partial charge in [-0.05, 0) is 43.1 Å². The van der Waals surface area contributed by atoms with Gasteiger partial charge in [0.25, 0.3) is 5.91 Å². The average molecular weight is 366 g/mol. The first kappa shape index (κ1) is 17.1. The van der Waals surface area contributed by atoms with Gasteiger partial charge in [-0.15, -0.1) is 11.3 Å². The molecule has 0 saturated carbocycles. The summed E-state index contributed by atoms with van der Waals surface area (Å²) in [4.78, 5) is 25.6.